The van der Waals surface area contributed by atoms with Gasteiger partial charge >= 0.3 is 0 Å². The molecule has 0 bridgehead atoms. The van der Waals surface area contributed by atoms with Crippen molar-refractivity contribution in [2.45, 2.75) is 26.2 Å². The van der Waals surface area contributed by atoms with Crippen molar-refractivity contribution < 1.29 is 14.2 Å². The van der Waals surface area contributed by atoms with Gasteiger partial charge in [0, 0.05) is 7.11 Å². The summed E-state index contributed by atoms with van der Waals surface area (Å²) in [6, 6.07) is 10.1. The van der Waals surface area contributed by atoms with Gasteiger partial charge in [0.25, 0.3) is 0 Å². The first-order valence-corrected chi connectivity index (χ1v) is 5.45. The SMILES string of the molecule is COC(C)(C)OCCOCc1ccccc1. The summed E-state index contributed by atoms with van der Waals surface area (Å²) >= 11 is 0. The van der Waals surface area contributed by atoms with Gasteiger partial charge in [-0.05, 0) is 19.4 Å². The van der Waals surface area contributed by atoms with E-state index in [-0.39, 0.29) is 0 Å². The van der Waals surface area contributed by atoms with Gasteiger partial charge in [-0.15, -0.1) is 0 Å². The van der Waals surface area contributed by atoms with Crippen molar-refractivity contribution in [3.8, 4) is 0 Å². The van der Waals surface area contributed by atoms with Crippen LogP contribution in [0.4, 0.5) is 0 Å². The molecule has 1 aromatic rings. The first-order valence-electron chi connectivity index (χ1n) is 5.45. The minimum atomic E-state index is -0.532. The third-order valence-corrected chi connectivity index (χ3v) is 2.28. The smallest absolute Gasteiger partial charge is 0.162 e. The van der Waals surface area contributed by atoms with E-state index < -0.39 is 5.79 Å². The maximum absolute atomic E-state index is 5.48. The number of benzene rings is 1. The van der Waals surface area contributed by atoms with Crippen LogP contribution in [0.5, 0.6) is 0 Å². The van der Waals surface area contributed by atoms with E-state index in [9.17, 15) is 0 Å². The van der Waals surface area contributed by atoms with Crippen LogP contribution in [0.3, 0.4) is 0 Å². The van der Waals surface area contributed by atoms with Crippen LogP contribution in [0.1, 0.15) is 19.4 Å². The minimum Gasteiger partial charge on any atom is -0.374 e. The second-order valence-electron chi connectivity index (χ2n) is 3.99. The van der Waals surface area contributed by atoms with Crippen molar-refractivity contribution in [2.24, 2.45) is 0 Å². The Hall–Kier alpha value is -0.900. The Morgan fingerprint density at radius 2 is 1.75 bits per heavy atom. The molecule has 0 saturated heterocycles. The van der Waals surface area contributed by atoms with Crippen molar-refractivity contribution in [3.05, 3.63) is 35.9 Å². The molecule has 90 valence electrons. The monoisotopic (exact) mass is 224 g/mol. The van der Waals surface area contributed by atoms with E-state index in [1.165, 1.54) is 5.56 Å². The van der Waals surface area contributed by atoms with Crippen LogP contribution in [-0.2, 0) is 20.8 Å². The van der Waals surface area contributed by atoms with Gasteiger partial charge in [-0.25, -0.2) is 0 Å². The fourth-order valence-electron chi connectivity index (χ4n) is 1.17. The quantitative estimate of drug-likeness (QED) is 0.526. The molecule has 0 N–H and O–H groups in total. The van der Waals surface area contributed by atoms with Crippen LogP contribution in [0.15, 0.2) is 30.3 Å². The van der Waals surface area contributed by atoms with Crippen molar-refractivity contribution in [3.63, 3.8) is 0 Å². The van der Waals surface area contributed by atoms with Crippen molar-refractivity contribution in [2.75, 3.05) is 20.3 Å². The van der Waals surface area contributed by atoms with E-state index in [0.717, 1.165) is 0 Å². The summed E-state index contributed by atoms with van der Waals surface area (Å²) in [6.45, 7) is 5.49. The molecule has 0 unspecified atom stereocenters. The lowest BCUT2D eigenvalue weighted by molar-refractivity contribution is -0.203. The average molecular weight is 224 g/mol. The first-order chi connectivity index (χ1) is 7.64. The number of rotatable bonds is 7. The molecule has 0 amide bonds. The molecule has 0 spiro atoms. The fourth-order valence-corrected chi connectivity index (χ4v) is 1.17. The van der Waals surface area contributed by atoms with Crippen molar-refractivity contribution in [1.82, 2.24) is 0 Å². The van der Waals surface area contributed by atoms with Gasteiger partial charge in [-0.1, -0.05) is 30.3 Å². The molecule has 0 fully saturated rings. The molecule has 3 nitrogen and oxygen atoms in total. The summed E-state index contributed by atoms with van der Waals surface area (Å²) < 4.78 is 16.1. The van der Waals surface area contributed by atoms with Crippen LogP contribution >= 0.6 is 0 Å². The first kappa shape index (κ1) is 13.2. The second kappa shape index (κ2) is 6.63. The summed E-state index contributed by atoms with van der Waals surface area (Å²) in [5, 5.41) is 0. The van der Waals surface area contributed by atoms with Crippen LogP contribution in [0.2, 0.25) is 0 Å². The molecule has 1 aromatic carbocycles. The van der Waals surface area contributed by atoms with Gasteiger partial charge in [0.1, 0.15) is 0 Å². The Morgan fingerprint density at radius 3 is 2.38 bits per heavy atom. The molecule has 0 aliphatic carbocycles. The molecule has 1 rings (SSSR count). The van der Waals surface area contributed by atoms with Gasteiger partial charge in [-0.3, -0.25) is 0 Å². The minimum absolute atomic E-state index is 0.532. The standard InChI is InChI=1S/C13H20O3/c1-13(2,14-3)16-10-9-15-11-12-7-5-4-6-8-12/h4-8H,9-11H2,1-3H3. The van der Waals surface area contributed by atoms with Crippen LogP contribution in [0, 0.1) is 0 Å². The molecule has 0 radical (unpaired) electrons. The predicted molar refractivity (Wildman–Crippen MR) is 63.1 cm³/mol. The van der Waals surface area contributed by atoms with Gasteiger partial charge in [0.15, 0.2) is 5.79 Å². The summed E-state index contributed by atoms with van der Waals surface area (Å²) in [5.41, 5.74) is 1.17. The molecule has 0 aliphatic heterocycles. The topological polar surface area (TPSA) is 27.7 Å². The lowest BCUT2D eigenvalue weighted by atomic mass is 10.2. The number of ether oxygens (including phenoxy) is 3. The Labute approximate surface area is 97.3 Å². The van der Waals surface area contributed by atoms with Gasteiger partial charge in [-0.2, -0.15) is 0 Å². The Kier molecular flexibility index (Phi) is 5.46. The third kappa shape index (κ3) is 5.26. The summed E-state index contributed by atoms with van der Waals surface area (Å²) in [7, 11) is 1.63. The lowest BCUT2D eigenvalue weighted by Gasteiger charge is -2.23. The molecular weight excluding hydrogens is 204 g/mol. The lowest BCUT2D eigenvalue weighted by Crippen LogP contribution is -2.28. The average Bonchev–Trinajstić information content (AvgIpc) is 2.30. The van der Waals surface area contributed by atoms with E-state index in [4.69, 9.17) is 14.2 Å². The molecule has 0 aromatic heterocycles. The van der Waals surface area contributed by atoms with E-state index in [2.05, 4.69) is 0 Å². The molecular formula is C13H20O3. The maximum atomic E-state index is 5.48. The Bertz CT molecular complexity index is 282. The highest BCUT2D eigenvalue weighted by Gasteiger charge is 2.15. The highest BCUT2D eigenvalue weighted by Crippen LogP contribution is 2.08. The normalized spacial score (nSPS) is 11.7. The molecule has 0 heterocycles. The summed E-state index contributed by atoms with van der Waals surface area (Å²) in [5.74, 6) is -0.532. The Morgan fingerprint density at radius 1 is 1.06 bits per heavy atom. The largest absolute Gasteiger partial charge is 0.374 e. The van der Waals surface area contributed by atoms with Crippen molar-refractivity contribution >= 4 is 0 Å². The molecule has 0 atom stereocenters. The maximum Gasteiger partial charge on any atom is 0.162 e. The van der Waals surface area contributed by atoms with E-state index in [1.807, 2.05) is 44.2 Å². The van der Waals surface area contributed by atoms with Crippen LogP contribution in [-0.4, -0.2) is 26.1 Å². The zero-order chi connectivity index (χ0) is 11.9. The molecule has 0 saturated carbocycles. The zero-order valence-electron chi connectivity index (χ0n) is 10.2. The highest BCUT2D eigenvalue weighted by molar-refractivity contribution is 5.13. The van der Waals surface area contributed by atoms with Crippen molar-refractivity contribution in [1.29, 1.82) is 0 Å². The van der Waals surface area contributed by atoms with E-state index in [0.29, 0.717) is 19.8 Å². The van der Waals surface area contributed by atoms with E-state index >= 15 is 0 Å². The Balaban J connectivity index is 2.09. The van der Waals surface area contributed by atoms with Gasteiger partial charge < -0.3 is 14.2 Å². The van der Waals surface area contributed by atoms with Crippen LogP contribution < -0.4 is 0 Å². The fraction of sp³-hybridized carbons (Fsp3) is 0.538. The summed E-state index contributed by atoms with van der Waals surface area (Å²) in [6.07, 6.45) is 0. The second-order valence-corrected chi connectivity index (χ2v) is 3.99. The number of hydrogen-bond acceptors (Lipinski definition) is 3. The van der Waals surface area contributed by atoms with E-state index in [1.54, 1.807) is 7.11 Å². The summed E-state index contributed by atoms with van der Waals surface area (Å²) in [4.78, 5) is 0. The van der Waals surface area contributed by atoms with Gasteiger partial charge in [0.05, 0.1) is 19.8 Å². The van der Waals surface area contributed by atoms with Gasteiger partial charge in [0.2, 0.25) is 0 Å². The molecule has 0 aliphatic rings. The number of methoxy groups -OCH3 is 1. The van der Waals surface area contributed by atoms with Crippen LogP contribution in [0.25, 0.3) is 0 Å². The molecule has 16 heavy (non-hydrogen) atoms. The predicted octanol–water partition coefficient (Wildman–Crippen LogP) is 2.60. The highest BCUT2D eigenvalue weighted by atomic mass is 16.7. The number of hydrogen-bond donors (Lipinski definition) is 0. The third-order valence-electron chi connectivity index (χ3n) is 2.28. The zero-order valence-corrected chi connectivity index (χ0v) is 10.2. The molecule has 3 heteroatoms.